The van der Waals surface area contributed by atoms with Crippen molar-refractivity contribution < 1.29 is 0 Å². The predicted molar refractivity (Wildman–Crippen MR) is 53.5 cm³/mol. The molecule has 0 bridgehead atoms. The number of hydrogen-bond acceptors (Lipinski definition) is 3. The zero-order valence-corrected chi connectivity index (χ0v) is 8.11. The van der Waals surface area contributed by atoms with Crippen LogP contribution in [-0.2, 0) is 13.1 Å². The molecule has 1 aromatic carbocycles. The smallest absolute Gasteiger partial charge is 0.0597 e. The van der Waals surface area contributed by atoms with Gasteiger partial charge in [-0.25, -0.2) is 0 Å². The molecule has 0 fully saturated rings. The molecule has 0 aromatic heterocycles. The topological polar surface area (TPSA) is 64.1 Å². The highest BCUT2D eigenvalue weighted by Gasteiger charge is 2.17. The van der Waals surface area contributed by atoms with Crippen molar-refractivity contribution in [2.75, 3.05) is 11.5 Å². The van der Waals surface area contributed by atoms with Gasteiger partial charge >= 0.3 is 0 Å². The Bertz CT molecular complexity index is 336. The van der Waals surface area contributed by atoms with Crippen LogP contribution < -0.4 is 16.8 Å². The van der Waals surface area contributed by atoms with Crippen molar-refractivity contribution in [2.45, 2.75) is 13.1 Å². The Morgan fingerprint density at radius 2 is 1.92 bits per heavy atom. The molecule has 0 amide bonds. The zero-order chi connectivity index (χ0) is 8.72. The molecule has 3 nitrogen and oxygen atoms in total. The van der Waals surface area contributed by atoms with Crippen LogP contribution in [0.5, 0.6) is 0 Å². The number of rotatable bonds is 0. The van der Waals surface area contributed by atoms with E-state index in [2.05, 4.69) is 21.2 Å². The van der Waals surface area contributed by atoms with E-state index in [-0.39, 0.29) is 0 Å². The molecule has 12 heavy (non-hydrogen) atoms. The van der Waals surface area contributed by atoms with Crippen molar-refractivity contribution in [1.82, 2.24) is 5.32 Å². The van der Waals surface area contributed by atoms with Gasteiger partial charge in [-0.3, -0.25) is 0 Å². The first-order chi connectivity index (χ1) is 5.70. The van der Waals surface area contributed by atoms with Gasteiger partial charge in [0.15, 0.2) is 0 Å². The molecule has 2 rings (SSSR count). The van der Waals surface area contributed by atoms with Gasteiger partial charge in [0.05, 0.1) is 11.4 Å². The summed E-state index contributed by atoms with van der Waals surface area (Å²) in [6.45, 7) is 1.70. The highest BCUT2D eigenvalue weighted by atomic mass is 79.9. The standard InChI is InChI=1S/C8H10BrN3/c9-6-1-7(10)8(11)5-3-12-2-4(5)6/h1,12H,2-3,10-11H2. The van der Waals surface area contributed by atoms with E-state index in [9.17, 15) is 0 Å². The van der Waals surface area contributed by atoms with Crippen LogP contribution in [-0.4, -0.2) is 0 Å². The molecule has 0 unspecified atom stereocenters. The van der Waals surface area contributed by atoms with Gasteiger partial charge in [-0.2, -0.15) is 0 Å². The fraction of sp³-hybridized carbons (Fsp3) is 0.250. The van der Waals surface area contributed by atoms with Gasteiger partial charge in [0.25, 0.3) is 0 Å². The van der Waals surface area contributed by atoms with Crippen molar-refractivity contribution in [3.05, 3.63) is 21.7 Å². The third kappa shape index (κ3) is 0.990. The fourth-order valence-corrected chi connectivity index (χ4v) is 2.11. The largest absolute Gasteiger partial charge is 0.397 e. The molecule has 0 radical (unpaired) electrons. The average molecular weight is 228 g/mol. The molecule has 4 heteroatoms. The number of halogens is 1. The molecule has 1 heterocycles. The zero-order valence-electron chi connectivity index (χ0n) is 6.52. The normalized spacial score (nSPS) is 14.8. The van der Waals surface area contributed by atoms with Crippen LogP contribution in [0.25, 0.3) is 0 Å². The lowest BCUT2D eigenvalue weighted by Gasteiger charge is -2.07. The summed E-state index contributed by atoms with van der Waals surface area (Å²) in [6, 6.07) is 1.86. The molecule has 0 saturated carbocycles. The van der Waals surface area contributed by atoms with Gasteiger partial charge in [-0.1, -0.05) is 15.9 Å². The fourth-order valence-electron chi connectivity index (χ4n) is 1.49. The van der Waals surface area contributed by atoms with Crippen LogP contribution in [0, 0.1) is 0 Å². The Morgan fingerprint density at radius 1 is 1.25 bits per heavy atom. The number of anilines is 2. The predicted octanol–water partition coefficient (Wildman–Crippen LogP) is 1.22. The number of benzene rings is 1. The summed E-state index contributed by atoms with van der Waals surface area (Å²) in [7, 11) is 0. The highest BCUT2D eigenvalue weighted by molar-refractivity contribution is 9.10. The Kier molecular flexibility index (Phi) is 1.73. The lowest BCUT2D eigenvalue weighted by Crippen LogP contribution is -2.02. The molecule has 0 spiro atoms. The maximum absolute atomic E-state index is 5.82. The summed E-state index contributed by atoms with van der Waals surface area (Å²) < 4.78 is 1.05. The molecule has 0 aliphatic carbocycles. The number of fused-ring (bicyclic) bond motifs is 1. The highest BCUT2D eigenvalue weighted by Crippen LogP contribution is 2.33. The molecule has 1 aromatic rings. The summed E-state index contributed by atoms with van der Waals surface area (Å²) in [6.07, 6.45) is 0. The second kappa shape index (κ2) is 2.64. The Hall–Kier alpha value is -0.740. The van der Waals surface area contributed by atoms with Crippen LogP contribution in [0.15, 0.2) is 10.5 Å². The number of nitrogen functional groups attached to an aromatic ring is 2. The van der Waals surface area contributed by atoms with E-state index in [1.807, 2.05) is 6.07 Å². The monoisotopic (exact) mass is 227 g/mol. The van der Waals surface area contributed by atoms with Crippen molar-refractivity contribution in [3.8, 4) is 0 Å². The van der Waals surface area contributed by atoms with Crippen LogP contribution in [0.1, 0.15) is 11.1 Å². The van der Waals surface area contributed by atoms with Gasteiger partial charge in [0.1, 0.15) is 0 Å². The molecule has 0 saturated heterocycles. The Morgan fingerprint density at radius 3 is 2.67 bits per heavy atom. The lowest BCUT2D eigenvalue weighted by atomic mass is 10.1. The van der Waals surface area contributed by atoms with Crippen LogP contribution in [0.3, 0.4) is 0 Å². The SMILES string of the molecule is Nc1cc(Br)c2c(c1N)CNC2. The summed E-state index contributed by atoms with van der Waals surface area (Å²) in [5, 5.41) is 3.23. The molecule has 64 valence electrons. The molecular formula is C8H10BrN3. The minimum Gasteiger partial charge on any atom is -0.397 e. The summed E-state index contributed by atoms with van der Waals surface area (Å²) in [5.74, 6) is 0. The number of hydrogen-bond donors (Lipinski definition) is 3. The summed E-state index contributed by atoms with van der Waals surface area (Å²) in [4.78, 5) is 0. The van der Waals surface area contributed by atoms with Crippen molar-refractivity contribution >= 4 is 27.3 Å². The number of nitrogens with two attached hydrogens (primary N) is 2. The van der Waals surface area contributed by atoms with Gasteiger partial charge in [-0.05, 0) is 17.2 Å². The molecule has 5 N–H and O–H groups in total. The van der Waals surface area contributed by atoms with E-state index in [1.54, 1.807) is 0 Å². The van der Waals surface area contributed by atoms with Crippen LogP contribution in [0.4, 0.5) is 11.4 Å². The van der Waals surface area contributed by atoms with E-state index < -0.39 is 0 Å². The minimum atomic E-state index is 0.657. The molecule has 1 aliphatic heterocycles. The summed E-state index contributed by atoms with van der Waals surface area (Å²) in [5.41, 5.74) is 15.3. The van der Waals surface area contributed by atoms with Crippen LogP contribution >= 0.6 is 15.9 Å². The minimum absolute atomic E-state index is 0.657. The first kappa shape index (κ1) is 7.89. The van der Waals surface area contributed by atoms with E-state index >= 15 is 0 Å². The first-order valence-electron chi connectivity index (χ1n) is 3.76. The second-order valence-electron chi connectivity index (χ2n) is 2.92. The average Bonchev–Trinajstić information content (AvgIpc) is 2.48. The van der Waals surface area contributed by atoms with E-state index in [1.165, 1.54) is 5.56 Å². The maximum Gasteiger partial charge on any atom is 0.0597 e. The van der Waals surface area contributed by atoms with Gasteiger partial charge in [0.2, 0.25) is 0 Å². The quantitative estimate of drug-likeness (QED) is 0.585. The van der Waals surface area contributed by atoms with Crippen molar-refractivity contribution in [3.63, 3.8) is 0 Å². The van der Waals surface area contributed by atoms with E-state index in [0.717, 1.165) is 28.8 Å². The van der Waals surface area contributed by atoms with Crippen molar-refractivity contribution in [1.29, 1.82) is 0 Å². The van der Waals surface area contributed by atoms with Gasteiger partial charge < -0.3 is 16.8 Å². The maximum atomic E-state index is 5.82. The second-order valence-corrected chi connectivity index (χ2v) is 3.78. The molecule has 0 atom stereocenters. The third-order valence-corrected chi connectivity index (χ3v) is 2.88. The first-order valence-corrected chi connectivity index (χ1v) is 4.55. The lowest BCUT2D eigenvalue weighted by molar-refractivity contribution is 0.764. The van der Waals surface area contributed by atoms with Gasteiger partial charge in [-0.15, -0.1) is 0 Å². The Balaban J connectivity index is 2.69. The van der Waals surface area contributed by atoms with Gasteiger partial charge in [0, 0.05) is 17.6 Å². The molecular weight excluding hydrogens is 218 g/mol. The van der Waals surface area contributed by atoms with Crippen molar-refractivity contribution in [2.24, 2.45) is 0 Å². The third-order valence-electron chi connectivity index (χ3n) is 2.17. The summed E-state index contributed by atoms with van der Waals surface area (Å²) >= 11 is 3.46. The van der Waals surface area contributed by atoms with E-state index in [4.69, 9.17) is 11.5 Å². The van der Waals surface area contributed by atoms with E-state index in [0.29, 0.717) is 5.69 Å². The Labute approximate surface area is 79.3 Å². The molecule has 1 aliphatic rings. The number of nitrogens with one attached hydrogen (secondary N) is 1. The van der Waals surface area contributed by atoms with Crippen LogP contribution in [0.2, 0.25) is 0 Å².